The van der Waals surface area contributed by atoms with E-state index in [2.05, 4.69) is 0 Å². The highest BCUT2D eigenvalue weighted by molar-refractivity contribution is 5.81. The van der Waals surface area contributed by atoms with Crippen LogP contribution in [0.15, 0.2) is 0 Å². The minimum Gasteiger partial charge on any atom is -0.321 e. The molecule has 2 N–H and O–H groups in total. The third kappa shape index (κ3) is 3.35. The molecule has 2 unspecified atom stereocenters. The molecular weight excluding hydrogens is 130 g/mol. The second-order valence-electron chi connectivity index (χ2n) is 2.57. The number of carbonyl (C=O) groups excluding carboxylic acids is 2. The highest BCUT2D eigenvalue weighted by Gasteiger charge is 2.11. The van der Waals surface area contributed by atoms with E-state index in [1.807, 2.05) is 0 Å². The van der Waals surface area contributed by atoms with E-state index in [0.717, 1.165) is 6.29 Å². The van der Waals surface area contributed by atoms with Crippen molar-refractivity contribution in [2.24, 2.45) is 11.7 Å². The van der Waals surface area contributed by atoms with Crippen LogP contribution in [0.1, 0.15) is 20.3 Å². The van der Waals surface area contributed by atoms with Crippen LogP contribution in [0.25, 0.3) is 0 Å². The van der Waals surface area contributed by atoms with E-state index in [-0.39, 0.29) is 11.7 Å². The lowest BCUT2D eigenvalue weighted by Crippen LogP contribution is -2.30. The molecule has 3 nitrogen and oxygen atoms in total. The molecule has 0 radical (unpaired) electrons. The molecule has 0 aliphatic rings. The van der Waals surface area contributed by atoms with Crippen LogP contribution in [0.5, 0.6) is 0 Å². The molecule has 2 atom stereocenters. The molecule has 3 heteroatoms. The zero-order chi connectivity index (χ0) is 8.15. The SMILES string of the molecule is CC(=O)C(N)CC(C)C=O. The zero-order valence-corrected chi connectivity index (χ0v) is 6.33. The molecule has 10 heavy (non-hydrogen) atoms. The highest BCUT2D eigenvalue weighted by atomic mass is 16.1. The van der Waals surface area contributed by atoms with Gasteiger partial charge in [0.15, 0.2) is 0 Å². The number of nitrogens with two attached hydrogens (primary N) is 1. The molecule has 0 aliphatic carbocycles. The summed E-state index contributed by atoms with van der Waals surface area (Å²) in [5.41, 5.74) is 5.38. The predicted octanol–water partition coefficient (Wildman–Crippen LogP) is 0.128. The van der Waals surface area contributed by atoms with Crippen LogP contribution >= 0.6 is 0 Å². The van der Waals surface area contributed by atoms with Crippen LogP contribution in [0.2, 0.25) is 0 Å². The quantitative estimate of drug-likeness (QED) is 0.569. The zero-order valence-electron chi connectivity index (χ0n) is 6.33. The minimum absolute atomic E-state index is 0.0614. The molecule has 0 spiro atoms. The number of Topliss-reactive ketones (excluding diaryl/α,β-unsaturated/α-hetero) is 1. The van der Waals surface area contributed by atoms with E-state index < -0.39 is 6.04 Å². The normalized spacial score (nSPS) is 15.9. The largest absolute Gasteiger partial charge is 0.321 e. The third-order valence-electron chi connectivity index (χ3n) is 1.38. The van der Waals surface area contributed by atoms with Crippen molar-refractivity contribution in [2.45, 2.75) is 26.3 Å². The van der Waals surface area contributed by atoms with Gasteiger partial charge in [0.25, 0.3) is 0 Å². The summed E-state index contributed by atoms with van der Waals surface area (Å²) in [4.78, 5) is 20.7. The van der Waals surface area contributed by atoms with Crippen molar-refractivity contribution >= 4 is 12.1 Å². The van der Waals surface area contributed by atoms with Crippen LogP contribution in [0.3, 0.4) is 0 Å². The second kappa shape index (κ2) is 4.17. The summed E-state index contributed by atoms with van der Waals surface area (Å²) in [6.45, 7) is 3.18. The maximum Gasteiger partial charge on any atom is 0.146 e. The van der Waals surface area contributed by atoms with Gasteiger partial charge in [-0.2, -0.15) is 0 Å². The van der Waals surface area contributed by atoms with E-state index >= 15 is 0 Å². The average molecular weight is 143 g/mol. The Morgan fingerprint density at radius 3 is 2.50 bits per heavy atom. The van der Waals surface area contributed by atoms with Gasteiger partial charge in [0.2, 0.25) is 0 Å². The monoisotopic (exact) mass is 143 g/mol. The molecule has 0 bridgehead atoms. The van der Waals surface area contributed by atoms with Gasteiger partial charge >= 0.3 is 0 Å². The standard InChI is InChI=1S/C7H13NO2/c1-5(4-9)3-7(8)6(2)10/h4-5,7H,3,8H2,1-2H3. The van der Waals surface area contributed by atoms with E-state index in [9.17, 15) is 9.59 Å². The summed E-state index contributed by atoms with van der Waals surface area (Å²) in [5, 5.41) is 0. The maximum atomic E-state index is 10.6. The molecule has 0 heterocycles. The number of hydrogen-bond acceptors (Lipinski definition) is 3. The fourth-order valence-corrected chi connectivity index (χ4v) is 0.622. The summed E-state index contributed by atoms with van der Waals surface area (Å²) in [7, 11) is 0. The first-order valence-electron chi connectivity index (χ1n) is 3.29. The lowest BCUT2D eigenvalue weighted by molar-refractivity contribution is -0.118. The summed E-state index contributed by atoms with van der Waals surface area (Å²) in [6, 6.07) is -0.472. The second-order valence-corrected chi connectivity index (χ2v) is 2.57. The average Bonchev–Trinajstić information content (AvgIpc) is 1.87. The first-order chi connectivity index (χ1) is 4.57. The molecule has 0 rings (SSSR count). The van der Waals surface area contributed by atoms with Crippen molar-refractivity contribution < 1.29 is 9.59 Å². The predicted molar refractivity (Wildman–Crippen MR) is 38.5 cm³/mol. The van der Waals surface area contributed by atoms with Crippen LogP contribution < -0.4 is 5.73 Å². The maximum absolute atomic E-state index is 10.6. The smallest absolute Gasteiger partial charge is 0.146 e. The molecule has 0 aromatic heterocycles. The van der Waals surface area contributed by atoms with Gasteiger partial charge in [-0.1, -0.05) is 6.92 Å². The van der Waals surface area contributed by atoms with Gasteiger partial charge in [0.05, 0.1) is 6.04 Å². The van der Waals surface area contributed by atoms with E-state index in [0.29, 0.717) is 6.42 Å². The summed E-state index contributed by atoms with van der Waals surface area (Å²) in [5.74, 6) is -0.174. The van der Waals surface area contributed by atoms with Crippen molar-refractivity contribution in [1.82, 2.24) is 0 Å². The van der Waals surface area contributed by atoms with Crippen molar-refractivity contribution in [2.75, 3.05) is 0 Å². The first-order valence-corrected chi connectivity index (χ1v) is 3.29. The summed E-state index contributed by atoms with van der Waals surface area (Å²) >= 11 is 0. The summed E-state index contributed by atoms with van der Waals surface area (Å²) in [6.07, 6.45) is 1.27. The van der Waals surface area contributed by atoms with Crippen molar-refractivity contribution in [1.29, 1.82) is 0 Å². The molecule has 0 aromatic carbocycles. The Morgan fingerprint density at radius 1 is 1.70 bits per heavy atom. The van der Waals surface area contributed by atoms with Gasteiger partial charge in [-0.25, -0.2) is 0 Å². The molecule has 0 aliphatic heterocycles. The van der Waals surface area contributed by atoms with Crippen molar-refractivity contribution in [3.63, 3.8) is 0 Å². The van der Waals surface area contributed by atoms with Gasteiger partial charge in [-0.3, -0.25) is 4.79 Å². The Hall–Kier alpha value is -0.700. The Bertz CT molecular complexity index is 134. The number of ketones is 1. The number of carbonyl (C=O) groups is 2. The molecular formula is C7H13NO2. The van der Waals surface area contributed by atoms with Gasteiger partial charge in [0, 0.05) is 5.92 Å². The van der Waals surface area contributed by atoms with Crippen molar-refractivity contribution in [3.8, 4) is 0 Å². The first kappa shape index (κ1) is 9.30. The van der Waals surface area contributed by atoms with Crippen LogP contribution in [0, 0.1) is 5.92 Å². The topological polar surface area (TPSA) is 60.2 Å². The molecule has 0 saturated heterocycles. The van der Waals surface area contributed by atoms with Crippen molar-refractivity contribution in [3.05, 3.63) is 0 Å². The molecule has 58 valence electrons. The van der Waals surface area contributed by atoms with Crippen LogP contribution in [-0.2, 0) is 9.59 Å². The minimum atomic E-state index is -0.472. The van der Waals surface area contributed by atoms with E-state index in [4.69, 9.17) is 5.73 Å². The number of aldehydes is 1. The third-order valence-corrected chi connectivity index (χ3v) is 1.38. The molecule has 0 saturated carbocycles. The lowest BCUT2D eigenvalue weighted by atomic mass is 10.0. The van der Waals surface area contributed by atoms with Gasteiger partial charge in [-0.15, -0.1) is 0 Å². The Labute approximate surface area is 60.6 Å². The fraction of sp³-hybridized carbons (Fsp3) is 0.714. The van der Waals surface area contributed by atoms with E-state index in [1.165, 1.54) is 6.92 Å². The van der Waals surface area contributed by atoms with E-state index in [1.54, 1.807) is 6.92 Å². The van der Waals surface area contributed by atoms with Gasteiger partial charge in [-0.05, 0) is 13.3 Å². The molecule has 0 aromatic rings. The highest BCUT2D eigenvalue weighted by Crippen LogP contribution is 2.00. The fourth-order valence-electron chi connectivity index (χ4n) is 0.622. The molecule has 0 amide bonds. The number of hydrogen-bond donors (Lipinski definition) is 1. The van der Waals surface area contributed by atoms with Gasteiger partial charge < -0.3 is 10.5 Å². The van der Waals surface area contributed by atoms with Crippen LogP contribution in [-0.4, -0.2) is 18.1 Å². The Morgan fingerprint density at radius 2 is 2.20 bits per heavy atom. The Balaban J connectivity index is 3.67. The molecule has 0 fully saturated rings. The van der Waals surface area contributed by atoms with Gasteiger partial charge in [0.1, 0.15) is 12.1 Å². The van der Waals surface area contributed by atoms with Crippen LogP contribution in [0.4, 0.5) is 0 Å². The number of rotatable bonds is 4. The lowest BCUT2D eigenvalue weighted by Gasteiger charge is -2.08. The summed E-state index contributed by atoms with van der Waals surface area (Å²) < 4.78 is 0. The Kier molecular flexibility index (Phi) is 3.88.